The summed E-state index contributed by atoms with van der Waals surface area (Å²) in [7, 11) is 0. The van der Waals surface area contributed by atoms with Crippen LogP contribution in [0, 0.1) is 5.82 Å². The molecule has 0 saturated carbocycles. The lowest BCUT2D eigenvalue weighted by Gasteiger charge is -2.24. The quantitative estimate of drug-likeness (QED) is 0.812. The van der Waals surface area contributed by atoms with E-state index in [1.165, 1.54) is 6.07 Å². The van der Waals surface area contributed by atoms with Gasteiger partial charge < -0.3 is 9.64 Å². The first-order chi connectivity index (χ1) is 11.7. The molecule has 1 amide bonds. The van der Waals surface area contributed by atoms with Crippen LogP contribution in [0.1, 0.15) is 31.2 Å². The van der Waals surface area contributed by atoms with Crippen molar-refractivity contribution in [1.29, 1.82) is 0 Å². The molecule has 4 nitrogen and oxygen atoms in total. The molecule has 0 radical (unpaired) electrons. The zero-order chi connectivity index (χ0) is 16.8. The molecule has 1 fully saturated rings. The molecular weight excluding hydrogens is 307 g/mol. The van der Waals surface area contributed by atoms with Gasteiger partial charge in [-0.3, -0.25) is 9.78 Å². The van der Waals surface area contributed by atoms with Crippen molar-refractivity contribution in [1.82, 2.24) is 4.98 Å². The Morgan fingerprint density at radius 2 is 2.04 bits per heavy atom. The molecule has 5 heteroatoms. The van der Waals surface area contributed by atoms with Crippen molar-refractivity contribution in [3.05, 3.63) is 60.2 Å². The van der Waals surface area contributed by atoms with Crippen molar-refractivity contribution in [2.45, 2.75) is 38.3 Å². The van der Waals surface area contributed by atoms with Gasteiger partial charge >= 0.3 is 0 Å². The van der Waals surface area contributed by atoms with Gasteiger partial charge in [0, 0.05) is 36.7 Å². The van der Waals surface area contributed by atoms with Crippen molar-refractivity contribution >= 4 is 11.6 Å². The van der Waals surface area contributed by atoms with E-state index >= 15 is 0 Å². The zero-order valence-electron chi connectivity index (χ0n) is 13.5. The molecule has 1 aromatic carbocycles. The molecule has 2 heterocycles. The summed E-state index contributed by atoms with van der Waals surface area (Å²) in [5.41, 5.74) is 1.23. The Labute approximate surface area is 141 Å². The van der Waals surface area contributed by atoms with E-state index in [2.05, 4.69) is 4.98 Å². The van der Waals surface area contributed by atoms with Gasteiger partial charge in [-0.2, -0.15) is 0 Å². The predicted octanol–water partition coefficient (Wildman–Crippen LogP) is 3.71. The minimum atomic E-state index is -0.302. The van der Waals surface area contributed by atoms with E-state index in [1.807, 2.05) is 0 Å². The summed E-state index contributed by atoms with van der Waals surface area (Å²) < 4.78 is 19.6. The summed E-state index contributed by atoms with van der Waals surface area (Å²) in [6.45, 7) is 0.989. The number of benzene rings is 1. The van der Waals surface area contributed by atoms with E-state index in [4.69, 9.17) is 4.74 Å². The Bertz CT molecular complexity index is 672. The number of carbonyl (C=O) groups excluding carboxylic acids is 1. The highest BCUT2D eigenvalue weighted by molar-refractivity contribution is 5.93. The fourth-order valence-electron chi connectivity index (χ4n) is 2.94. The van der Waals surface area contributed by atoms with E-state index in [9.17, 15) is 9.18 Å². The summed E-state index contributed by atoms with van der Waals surface area (Å²) >= 11 is 0. The molecule has 0 unspecified atom stereocenters. The highest BCUT2D eigenvalue weighted by Crippen LogP contribution is 2.22. The van der Waals surface area contributed by atoms with Gasteiger partial charge in [0.2, 0.25) is 5.91 Å². The molecular formula is C19H21FN2O2. The molecule has 0 bridgehead atoms. The van der Waals surface area contributed by atoms with Crippen LogP contribution in [-0.4, -0.2) is 23.6 Å². The summed E-state index contributed by atoms with van der Waals surface area (Å²) in [5, 5.41) is 0. The molecule has 1 saturated heterocycles. The summed E-state index contributed by atoms with van der Waals surface area (Å²) in [6, 6.07) is 10.1. The third-order valence-corrected chi connectivity index (χ3v) is 4.27. The van der Waals surface area contributed by atoms with Crippen molar-refractivity contribution < 1.29 is 13.9 Å². The van der Waals surface area contributed by atoms with E-state index in [1.54, 1.807) is 47.6 Å². The maximum absolute atomic E-state index is 14.0. The second-order valence-electron chi connectivity index (χ2n) is 5.95. The van der Waals surface area contributed by atoms with Crippen LogP contribution in [0.2, 0.25) is 0 Å². The number of ether oxygens (including phenoxy) is 1. The highest BCUT2D eigenvalue weighted by Gasteiger charge is 2.21. The first kappa shape index (κ1) is 16.6. The fraction of sp³-hybridized carbons (Fsp3) is 0.368. The molecule has 0 N–H and O–H groups in total. The monoisotopic (exact) mass is 328 g/mol. The summed E-state index contributed by atoms with van der Waals surface area (Å²) in [4.78, 5) is 18.4. The van der Waals surface area contributed by atoms with Crippen LogP contribution >= 0.6 is 0 Å². The SMILES string of the molecule is O=C(CC[C@H]1CCCO1)N(Cc1ccccc1F)c1ccncc1. The molecule has 3 rings (SSSR count). The van der Waals surface area contributed by atoms with Gasteiger partial charge in [-0.25, -0.2) is 4.39 Å². The molecule has 126 valence electrons. The minimum Gasteiger partial charge on any atom is -0.378 e. The van der Waals surface area contributed by atoms with Crippen LogP contribution in [0.5, 0.6) is 0 Å². The van der Waals surface area contributed by atoms with Gasteiger partial charge in [-0.15, -0.1) is 0 Å². The fourth-order valence-corrected chi connectivity index (χ4v) is 2.94. The predicted molar refractivity (Wildman–Crippen MR) is 90.0 cm³/mol. The van der Waals surface area contributed by atoms with E-state index in [0.717, 1.165) is 25.1 Å². The Morgan fingerprint density at radius 1 is 1.25 bits per heavy atom. The molecule has 0 spiro atoms. The van der Waals surface area contributed by atoms with Crippen LogP contribution in [0.3, 0.4) is 0 Å². The second kappa shape index (κ2) is 8.02. The standard InChI is InChI=1S/C19H21FN2O2/c20-18-6-2-1-4-15(18)14-22(16-9-11-21-12-10-16)19(23)8-7-17-5-3-13-24-17/h1-2,4,6,9-12,17H,3,5,7-8,13-14H2/t17-/m1/s1. The van der Waals surface area contributed by atoms with Crippen molar-refractivity contribution in [3.63, 3.8) is 0 Å². The number of aromatic nitrogens is 1. The van der Waals surface area contributed by atoms with Gasteiger partial charge in [-0.05, 0) is 37.5 Å². The van der Waals surface area contributed by atoms with Crippen LogP contribution in [0.15, 0.2) is 48.8 Å². The van der Waals surface area contributed by atoms with Gasteiger partial charge in [0.25, 0.3) is 0 Å². The maximum atomic E-state index is 14.0. The lowest BCUT2D eigenvalue weighted by atomic mass is 10.1. The first-order valence-corrected chi connectivity index (χ1v) is 8.29. The number of hydrogen-bond acceptors (Lipinski definition) is 3. The number of rotatable bonds is 6. The Morgan fingerprint density at radius 3 is 2.75 bits per heavy atom. The van der Waals surface area contributed by atoms with Crippen molar-refractivity contribution in [3.8, 4) is 0 Å². The molecule has 0 aliphatic carbocycles. The lowest BCUT2D eigenvalue weighted by Crippen LogP contribution is -2.31. The zero-order valence-corrected chi connectivity index (χ0v) is 13.5. The second-order valence-corrected chi connectivity index (χ2v) is 5.95. The number of amides is 1. The first-order valence-electron chi connectivity index (χ1n) is 8.29. The lowest BCUT2D eigenvalue weighted by molar-refractivity contribution is -0.119. The number of nitrogens with zero attached hydrogens (tertiary/aromatic N) is 2. The van der Waals surface area contributed by atoms with Gasteiger partial charge in [0.05, 0.1) is 12.6 Å². The van der Waals surface area contributed by atoms with Crippen molar-refractivity contribution in [2.24, 2.45) is 0 Å². The average Bonchev–Trinajstić information content (AvgIpc) is 3.13. The van der Waals surface area contributed by atoms with Gasteiger partial charge in [0.15, 0.2) is 0 Å². The highest BCUT2D eigenvalue weighted by atomic mass is 19.1. The summed E-state index contributed by atoms with van der Waals surface area (Å²) in [5.74, 6) is -0.330. The summed E-state index contributed by atoms with van der Waals surface area (Å²) in [6.07, 6.45) is 6.60. The molecule has 2 aromatic rings. The largest absolute Gasteiger partial charge is 0.378 e. The third-order valence-electron chi connectivity index (χ3n) is 4.27. The van der Waals surface area contributed by atoms with E-state index < -0.39 is 0 Å². The Balaban J connectivity index is 1.74. The Hall–Kier alpha value is -2.27. The molecule has 1 aliphatic heterocycles. The average molecular weight is 328 g/mol. The maximum Gasteiger partial charge on any atom is 0.227 e. The van der Waals surface area contributed by atoms with Crippen LogP contribution in [0.4, 0.5) is 10.1 Å². The van der Waals surface area contributed by atoms with Crippen molar-refractivity contribution in [2.75, 3.05) is 11.5 Å². The number of pyridine rings is 1. The molecule has 1 aromatic heterocycles. The molecule has 24 heavy (non-hydrogen) atoms. The smallest absolute Gasteiger partial charge is 0.227 e. The Kier molecular flexibility index (Phi) is 5.54. The number of anilines is 1. The number of hydrogen-bond donors (Lipinski definition) is 0. The molecule has 1 aliphatic rings. The topological polar surface area (TPSA) is 42.4 Å². The minimum absolute atomic E-state index is 0.0278. The number of carbonyl (C=O) groups is 1. The number of halogens is 1. The van der Waals surface area contributed by atoms with Crippen LogP contribution in [-0.2, 0) is 16.1 Å². The third kappa shape index (κ3) is 4.17. The van der Waals surface area contributed by atoms with E-state index in [0.29, 0.717) is 18.4 Å². The normalized spacial score (nSPS) is 17.0. The van der Waals surface area contributed by atoms with Crippen LogP contribution < -0.4 is 4.90 Å². The molecule has 1 atom stereocenters. The van der Waals surface area contributed by atoms with E-state index in [-0.39, 0.29) is 24.4 Å². The van der Waals surface area contributed by atoms with Crippen LogP contribution in [0.25, 0.3) is 0 Å². The van der Waals surface area contributed by atoms with Gasteiger partial charge in [0.1, 0.15) is 5.82 Å². The van der Waals surface area contributed by atoms with Gasteiger partial charge in [-0.1, -0.05) is 18.2 Å².